The molecule has 5 nitrogen and oxygen atoms in total. The van der Waals surface area contributed by atoms with Crippen LogP contribution in [0.15, 0.2) is 52.9 Å². The topological polar surface area (TPSA) is 71.7 Å². The average molecular weight is 343 g/mol. The van der Waals surface area contributed by atoms with Crippen LogP contribution < -0.4 is 10.1 Å². The first-order valence-electron chi connectivity index (χ1n) is 7.80. The minimum Gasteiger partial charge on any atom is -0.497 e. The van der Waals surface area contributed by atoms with Crippen molar-refractivity contribution < 1.29 is 23.4 Å². The van der Waals surface area contributed by atoms with Crippen molar-refractivity contribution in [1.29, 1.82) is 0 Å². The Morgan fingerprint density at radius 1 is 1.24 bits per heavy atom. The molecule has 0 bridgehead atoms. The van der Waals surface area contributed by atoms with E-state index in [1.54, 1.807) is 50.4 Å². The van der Waals surface area contributed by atoms with Crippen LogP contribution in [0, 0.1) is 5.82 Å². The van der Waals surface area contributed by atoms with Crippen molar-refractivity contribution in [2.24, 2.45) is 0 Å². The Morgan fingerprint density at radius 2 is 1.96 bits per heavy atom. The highest BCUT2D eigenvalue weighted by Gasteiger charge is 2.21. The highest BCUT2D eigenvalue weighted by molar-refractivity contribution is 5.96. The van der Waals surface area contributed by atoms with Crippen LogP contribution in [0.1, 0.15) is 29.1 Å². The predicted molar refractivity (Wildman–Crippen MR) is 91.1 cm³/mol. The van der Waals surface area contributed by atoms with E-state index >= 15 is 0 Å². The Bertz CT molecular complexity index is 888. The molecule has 6 heteroatoms. The molecule has 0 aliphatic carbocycles. The number of halogens is 1. The van der Waals surface area contributed by atoms with Crippen molar-refractivity contribution >= 4 is 16.9 Å². The van der Waals surface area contributed by atoms with Crippen molar-refractivity contribution in [2.75, 3.05) is 7.11 Å². The van der Waals surface area contributed by atoms with Gasteiger partial charge in [0.1, 0.15) is 5.75 Å². The number of nitrogens with one attached hydrogen (secondary N) is 1. The van der Waals surface area contributed by atoms with Crippen LogP contribution in [0.2, 0.25) is 0 Å². The lowest BCUT2D eigenvalue weighted by Gasteiger charge is -2.20. The fourth-order valence-corrected chi connectivity index (χ4v) is 2.59. The third kappa shape index (κ3) is 3.49. The van der Waals surface area contributed by atoms with E-state index in [4.69, 9.17) is 9.15 Å². The molecule has 0 spiro atoms. The number of carbonyl (C=O) groups excluding carboxylic acids is 1. The molecule has 1 heterocycles. The smallest absolute Gasteiger partial charge is 0.287 e. The molecule has 0 saturated heterocycles. The van der Waals surface area contributed by atoms with Gasteiger partial charge in [0.2, 0.25) is 0 Å². The van der Waals surface area contributed by atoms with Crippen LogP contribution in [0.5, 0.6) is 5.75 Å². The lowest BCUT2D eigenvalue weighted by atomic mass is 10.0. The fraction of sp³-hybridized carbons (Fsp3) is 0.211. The SMILES string of the molecule is COc1ccc(C(O)C(C)NC(=O)c2cc3cccc(F)c3o2)cc1. The molecule has 130 valence electrons. The summed E-state index contributed by atoms with van der Waals surface area (Å²) < 4.78 is 24.0. The van der Waals surface area contributed by atoms with Crippen molar-refractivity contribution in [2.45, 2.75) is 19.1 Å². The zero-order valence-electron chi connectivity index (χ0n) is 13.8. The third-order valence-electron chi connectivity index (χ3n) is 4.01. The van der Waals surface area contributed by atoms with E-state index in [0.717, 1.165) is 0 Å². The quantitative estimate of drug-likeness (QED) is 0.744. The number of aliphatic hydroxyl groups is 1. The van der Waals surface area contributed by atoms with Crippen LogP contribution in [-0.2, 0) is 0 Å². The van der Waals surface area contributed by atoms with E-state index in [9.17, 15) is 14.3 Å². The maximum Gasteiger partial charge on any atom is 0.287 e. The molecular weight excluding hydrogens is 325 g/mol. The number of furan rings is 1. The number of methoxy groups -OCH3 is 1. The lowest BCUT2D eigenvalue weighted by molar-refractivity contribution is 0.0827. The molecule has 2 aromatic carbocycles. The van der Waals surface area contributed by atoms with Gasteiger partial charge in [-0.1, -0.05) is 24.3 Å². The largest absolute Gasteiger partial charge is 0.497 e. The average Bonchev–Trinajstić information content (AvgIpc) is 3.07. The summed E-state index contributed by atoms with van der Waals surface area (Å²) in [5, 5.41) is 13.6. The summed E-state index contributed by atoms with van der Waals surface area (Å²) in [6, 6.07) is 12.3. The Hall–Kier alpha value is -2.86. The van der Waals surface area contributed by atoms with Gasteiger partial charge < -0.3 is 19.6 Å². The number of para-hydroxylation sites is 1. The summed E-state index contributed by atoms with van der Waals surface area (Å²) in [5.74, 6) is -0.371. The van der Waals surface area contributed by atoms with Gasteiger partial charge in [-0.05, 0) is 36.8 Å². The van der Waals surface area contributed by atoms with E-state index in [1.807, 2.05) is 0 Å². The molecule has 25 heavy (non-hydrogen) atoms. The second-order valence-corrected chi connectivity index (χ2v) is 5.75. The fourth-order valence-electron chi connectivity index (χ4n) is 2.59. The molecule has 0 aliphatic heterocycles. The molecule has 0 radical (unpaired) electrons. The molecule has 2 unspecified atom stereocenters. The number of hydrogen-bond acceptors (Lipinski definition) is 4. The number of fused-ring (bicyclic) bond motifs is 1. The van der Waals surface area contributed by atoms with Crippen LogP contribution in [0.25, 0.3) is 11.0 Å². The lowest BCUT2D eigenvalue weighted by Crippen LogP contribution is -2.36. The van der Waals surface area contributed by atoms with E-state index < -0.39 is 23.9 Å². The van der Waals surface area contributed by atoms with Gasteiger partial charge in [-0.25, -0.2) is 4.39 Å². The zero-order chi connectivity index (χ0) is 18.0. The summed E-state index contributed by atoms with van der Waals surface area (Å²) >= 11 is 0. The Labute approximate surface area is 144 Å². The van der Waals surface area contributed by atoms with Gasteiger partial charge in [0.15, 0.2) is 17.2 Å². The highest BCUT2D eigenvalue weighted by Crippen LogP contribution is 2.23. The van der Waals surface area contributed by atoms with Crippen LogP contribution >= 0.6 is 0 Å². The normalized spacial score (nSPS) is 13.4. The second-order valence-electron chi connectivity index (χ2n) is 5.75. The summed E-state index contributed by atoms with van der Waals surface area (Å²) in [6.45, 7) is 1.68. The molecule has 1 aromatic heterocycles. The second kappa shape index (κ2) is 6.94. The molecule has 0 fully saturated rings. The monoisotopic (exact) mass is 343 g/mol. The van der Waals surface area contributed by atoms with Gasteiger partial charge in [0, 0.05) is 5.39 Å². The van der Waals surface area contributed by atoms with E-state index in [2.05, 4.69) is 5.32 Å². The molecule has 3 rings (SSSR count). The number of aliphatic hydroxyl groups excluding tert-OH is 1. The highest BCUT2D eigenvalue weighted by atomic mass is 19.1. The minimum absolute atomic E-state index is 0.00567. The maximum atomic E-state index is 13.7. The molecule has 3 aromatic rings. The predicted octanol–water partition coefficient (Wildman–Crippen LogP) is 3.43. The molecule has 2 atom stereocenters. The van der Waals surface area contributed by atoms with Gasteiger partial charge in [-0.3, -0.25) is 4.79 Å². The van der Waals surface area contributed by atoms with Gasteiger partial charge in [-0.15, -0.1) is 0 Å². The number of carbonyl (C=O) groups is 1. The van der Waals surface area contributed by atoms with Crippen LogP contribution in [0.4, 0.5) is 4.39 Å². The number of hydrogen-bond donors (Lipinski definition) is 2. The van der Waals surface area contributed by atoms with Crippen molar-refractivity contribution in [3.05, 3.63) is 65.7 Å². The summed E-state index contributed by atoms with van der Waals surface area (Å²) in [6.07, 6.45) is -0.907. The summed E-state index contributed by atoms with van der Waals surface area (Å²) in [4.78, 5) is 12.3. The van der Waals surface area contributed by atoms with Gasteiger partial charge in [0.25, 0.3) is 5.91 Å². The van der Waals surface area contributed by atoms with Crippen molar-refractivity contribution in [3.63, 3.8) is 0 Å². The molecule has 2 N–H and O–H groups in total. The Morgan fingerprint density at radius 3 is 2.60 bits per heavy atom. The maximum absolute atomic E-state index is 13.7. The Balaban J connectivity index is 1.73. The zero-order valence-corrected chi connectivity index (χ0v) is 13.8. The Kier molecular flexibility index (Phi) is 4.72. The molecule has 0 aliphatic rings. The standard InChI is InChI=1S/C19H18FNO4/c1-11(17(22)12-6-8-14(24-2)9-7-12)21-19(23)16-10-13-4-3-5-15(20)18(13)25-16/h3-11,17,22H,1-2H3,(H,21,23). The third-order valence-corrected chi connectivity index (χ3v) is 4.01. The van der Waals surface area contributed by atoms with E-state index in [1.165, 1.54) is 12.1 Å². The van der Waals surface area contributed by atoms with E-state index in [-0.39, 0.29) is 11.3 Å². The first kappa shape index (κ1) is 17.0. The molecule has 0 saturated carbocycles. The van der Waals surface area contributed by atoms with Crippen LogP contribution in [-0.4, -0.2) is 24.2 Å². The van der Waals surface area contributed by atoms with Gasteiger partial charge in [0.05, 0.1) is 19.3 Å². The number of benzene rings is 2. The summed E-state index contributed by atoms with van der Waals surface area (Å²) in [5.41, 5.74) is 0.681. The minimum atomic E-state index is -0.907. The van der Waals surface area contributed by atoms with Crippen LogP contribution in [0.3, 0.4) is 0 Å². The molecule has 1 amide bonds. The van der Waals surface area contributed by atoms with Gasteiger partial charge in [-0.2, -0.15) is 0 Å². The van der Waals surface area contributed by atoms with E-state index in [0.29, 0.717) is 16.7 Å². The summed E-state index contributed by atoms with van der Waals surface area (Å²) in [7, 11) is 1.56. The van der Waals surface area contributed by atoms with Crippen molar-refractivity contribution in [1.82, 2.24) is 5.32 Å². The first-order chi connectivity index (χ1) is 12.0. The number of rotatable bonds is 5. The van der Waals surface area contributed by atoms with Crippen molar-refractivity contribution in [3.8, 4) is 5.75 Å². The number of ether oxygens (including phenoxy) is 1. The number of amides is 1. The molecular formula is C19H18FNO4. The first-order valence-corrected chi connectivity index (χ1v) is 7.80. The van der Waals surface area contributed by atoms with Gasteiger partial charge >= 0.3 is 0 Å².